The summed E-state index contributed by atoms with van der Waals surface area (Å²) in [6.07, 6.45) is 9.24. The number of hydrogen-bond donors (Lipinski definition) is 1. The van der Waals surface area contributed by atoms with Crippen molar-refractivity contribution in [2.75, 3.05) is 7.11 Å². The Kier molecular flexibility index (Phi) is 3.11. The molecule has 0 fully saturated rings. The van der Waals surface area contributed by atoms with Crippen molar-refractivity contribution < 1.29 is 9.53 Å². The van der Waals surface area contributed by atoms with Gasteiger partial charge in [0.2, 0.25) is 0 Å². The van der Waals surface area contributed by atoms with E-state index in [1.807, 2.05) is 24.4 Å². The summed E-state index contributed by atoms with van der Waals surface area (Å²) in [4.78, 5) is 14.8. The van der Waals surface area contributed by atoms with Crippen molar-refractivity contribution in [3.05, 3.63) is 41.6 Å². The second-order valence-electron chi connectivity index (χ2n) is 4.93. The van der Waals surface area contributed by atoms with Gasteiger partial charge in [-0.15, -0.1) is 0 Å². The number of benzene rings is 1. The van der Waals surface area contributed by atoms with Crippen molar-refractivity contribution in [2.45, 2.75) is 25.7 Å². The quantitative estimate of drug-likeness (QED) is 0.826. The zero-order chi connectivity index (χ0) is 13.2. The molecule has 0 bridgehead atoms. The molecule has 3 heteroatoms. The first-order chi connectivity index (χ1) is 9.29. The molecule has 0 amide bonds. The molecule has 1 N–H and O–H groups in total. The molecule has 0 spiro atoms. The van der Waals surface area contributed by atoms with Crippen LogP contribution in [0.2, 0.25) is 0 Å². The van der Waals surface area contributed by atoms with Gasteiger partial charge in [-0.1, -0.05) is 12.1 Å². The van der Waals surface area contributed by atoms with Gasteiger partial charge in [-0.05, 0) is 43.4 Å². The summed E-state index contributed by atoms with van der Waals surface area (Å²) in [5.74, 6) is -0.296. The van der Waals surface area contributed by atoms with Gasteiger partial charge >= 0.3 is 5.97 Å². The van der Waals surface area contributed by atoms with Crippen LogP contribution in [0.25, 0.3) is 16.5 Å². The van der Waals surface area contributed by atoms with Crippen LogP contribution in [0.4, 0.5) is 0 Å². The predicted molar refractivity (Wildman–Crippen MR) is 76.1 cm³/mol. The first-order valence-corrected chi connectivity index (χ1v) is 6.68. The SMILES string of the molecule is COC(=O)c1ccc2c(C3=CCCCC3)c[nH]c2c1. The van der Waals surface area contributed by atoms with Crippen molar-refractivity contribution in [1.29, 1.82) is 0 Å². The topological polar surface area (TPSA) is 42.1 Å². The van der Waals surface area contributed by atoms with Crippen LogP contribution in [-0.4, -0.2) is 18.1 Å². The summed E-state index contributed by atoms with van der Waals surface area (Å²) in [5.41, 5.74) is 4.26. The lowest BCUT2D eigenvalue weighted by atomic mass is 9.93. The van der Waals surface area contributed by atoms with Crippen molar-refractivity contribution in [3.8, 4) is 0 Å². The molecule has 0 saturated carbocycles. The zero-order valence-electron chi connectivity index (χ0n) is 11.0. The van der Waals surface area contributed by atoms with Crippen LogP contribution in [0.1, 0.15) is 41.6 Å². The highest BCUT2D eigenvalue weighted by Gasteiger charge is 2.13. The van der Waals surface area contributed by atoms with E-state index in [2.05, 4.69) is 11.1 Å². The van der Waals surface area contributed by atoms with Crippen molar-refractivity contribution in [2.24, 2.45) is 0 Å². The highest BCUT2D eigenvalue weighted by atomic mass is 16.5. The van der Waals surface area contributed by atoms with Crippen LogP contribution >= 0.6 is 0 Å². The van der Waals surface area contributed by atoms with Crippen LogP contribution in [0, 0.1) is 0 Å². The number of carbonyl (C=O) groups is 1. The Balaban J connectivity index is 2.04. The molecule has 0 aliphatic heterocycles. The molecule has 1 heterocycles. The van der Waals surface area contributed by atoms with E-state index < -0.39 is 0 Å². The molecule has 1 aliphatic rings. The third-order valence-corrected chi connectivity index (χ3v) is 3.74. The lowest BCUT2D eigenvalue weighted by Crippen LogP contribution is -2.00. The molecule has 1 aromatic carbocycles. The van der Waals surface area contributed by atoms with Gasteiger partial charge < -0.3 is 9.72 Å². The highest BCUT2D eigenvalue weighted by molar-refractivity contribution is 5.98. The highest BCUT2D eigenvalue weighted by Crippen LogP contribution is 2.32. The van der Waals surface area contributed by atoms with E-state index in [1.165, 1.54) is 42.9 Å². The summed E-state index contributed by atoms with van der Waals surface area (Å²) >= 11 is 0. The van der Waals surface area contributed by atoms with E-state index in [0.29, 0.717) is 5.56 Å². The minimum Gasteiger partial charge on any atom is -0.465 e. The lowest BCUT2D eigenvalue weighted by molar-refractivity contribution is 0.0601. The summed E-state index contributed by atoms with van der Waals surface area (Å²) in [6.45, 7) is 0. The number of esters is 1. The number of methoxy groups -OCH3 is 1. The Bertz CT molecular complexity index is 652. The number of rotatable bonds is 2. The second-order valence-corrected chi connectivity index (χ2v) is 4.93. The summed E-state index contributed by atoms with van der Waals surface area (Å²) in [6, 6.07) is 5.69. The van der Waals surface area contributed by atoms with Crippen molar-refractivity contribution >= 4 is 22.4 Å². The molecule has 0 saturated heterocycles. The summed E-state index contributed by atoms with van der Waals surface area (Å²) in [5, 5.41) is 1.18. The Morgan fingerprint density at radius 2 is 2.21 bits per heavy atom. The number of aromatic amines is 1. The van der Waals surface area contributed by atoms with E-state index in [1.54, 1.807) is 0 Å². The first-order valence-electron chi connectivity index (χ1n) is 6.68. The number of hydrogen-bond acceptors (Lipinski definition) is 2. The number of ether oxygens (including phenoxy) is 1. The summed E-state index contributed by atoms with van der Waals surface area (Å²) < 4.78 is 4.74. The van der Waals surface area contributed by atoms with Crippen LogP contribution in [0.5, 0.6) is 0 Å². The molecule has 2 aromatic rings. The average Bonchev–Trinajstić information content (AvgIpc) is 2.90. The van der Waals surface area contributed by atoms with Crippen LogP contribution in [-0.2, 0) is 4.74 Å². The van der Waals surface area contributed by atoms with E-state index in [0.717, 1.165) is 11.9 Å². The third kappa shape index (κ3) is 2.16. The molecular formula is C16H17NO2. The standard InChI is InChI=1S/C16H17NO2/c1-19-16(18)12-7-8-13-14(10-17-15(13)9-12)11-5-3-2-4-6-11/h5,7-10,17H,2-4,6H2,1H3. The fourth-order valence-corrected chi connectivity index (χ4v) is 2.72. The molecule has 98 valence electrons. The lowest BCUT2D eigenvalue weighted by Gasteiger charge is -2.11. The van der Waals surface area contributed by atoms with E-state index >= 15 is 0 Å². The number of allylic oxidation sites excluding steroid dienone is 2. The molecule has 1 aliphatic carbocycles. The Labute approximate surface area is 112 Å². The molecule has 1 aromatic heterocycles. The Morgan fingerprint density at radius 3 is 2.95 bits per heavy atom. The van der Waals surface area contributed by atoms with E-state index in [4.69, 9.17) is 4.74 Å². The van der Waals surface area contributed by atoms with E-state index in [-0.39, 0.29) is 5.97 Å². The second kappa shape index (κ2) is 4.92. The zero-order valence-corrected chi connectivity index (χ0v) is 11.0. The van der Waals surface area contributed by atoms with Crippen molar-refractivity contribution in [3.63, 3.8) is 0 Å². The van der Waals surface area contributed by atoms with Gasteiger partial charge in [-0.3, -0.25) is 0 Å². The molecule has 0 atom stereocenters. The minimum atomic E-state index is -0.296. The summed E-state index contributed by atoms with van der Waals surface area (Å²) in [7, 11) is 1.40. The third-order valence-electron chi connectivity index (χ3n) is 3.74. The average molecular weight is 255 g/mol. The molecule has 3 rings (SSSR count). The van der Waals surface area contributed by atoms with Gasteiger partial charge in [0, 0.05) is 22.7 Å². The largest absolute Gasteiger partial charge is 0.465 e. The maximum atomic E-state index is 11.5. The smallest absolute Gasteiger partial charge is 0.337 e. The fourth-order valence-electron chi connectivity index (χ4n) is 2.72. The molecule has 0 radical (unpaired) electrons. The Hall–Kier alpha value is -2.03. The van der Waals surface area contributed by atoms with Gasteiger partial charge in [0.1, 0.15) is 0 Å². The first kappa shape index (κ1) is 12.0. The number of nitrogens with one attached hydrogen (secondary N) is 1. The Morgan fingerprint density at radius 1 is 1.32 bits per heavy atom. The maximum absolute atomic E-state index is 11.5. The predicted octanol–water partition coefficient (Wildman–Crippen LogP) is 3.91. The number of H-pyrrole nitrogens is 1. The monoisotopic (exact) mass is 255 g/mol. The molecule has 19 heavy (non-hydrogen) atoms. The number of aromatic nitrogens is 1. The van der Waals surface area contributed by atoms with Crippen LogP contribution in [0.15, 0.2) is 30.5 Å². The number of fused-ring (bicyclic) bond motifs is 1. The molecular weight excluding hydrogens is 238 g/mol. The van der Waals surface area contributed by atoms with Gasteiger partial charge in [0.25, 0.3) is 0 Å². The van der Waals surface area contributed by atoms with Crippen LogP contribution < -0.4 is 0 Å². The molecule has 0 unspecified atom stereocenters. The minimum absolute atomic E-state index is 0.296. The van der Waals surface area contributed by atoms with E-state index in [9.17, 15) is 4.79 Å². The van der Waals surface area contributed by atoms with Gasteiger partial charge in [-0.25, -0.2) is 4.79 Å². The maximum Gasteiger partial charge on any atom is 0.337 e. The fraction of sp³-hybridized carbons (Fsp3) is 0.312. The molecule has 3 nitrogen and oxygen atoms in total. The van der Waals surface area contributed by atoms with Crippen molar-refractivity contribution in [1.82, 2.24) is 4.98 Å². The van der Waals surface area contributed by atoms with Gasteiger partial charge in [0.15, 0.2) is 0 Å². The number of carbonyl (C=O) groups excluding carboxylic acids is 1. The normalized spacial score (nSPS) is 15.3. The van der Waals surface area contributed by atoms with Gasteiger partial charge in [0.05, 0.1) is 12.7 Å². The van der Waals surface area contributed by atoms with Crippen LogP contribution in [0.3, 0.4) is 0 Å². The van der Waals surface area contributed by atoms with Gasteiger partial charge in [-0.2, -0.15) is 0 Å².